The molecule has 0 saturated carbocycles. The number of carbonyl (C=O) groups excluding carboxylic acids is 2. The van der Waals surface area contributed by atoms with E-state index in [9.17, 15) is 14.0 Å². The molecule has 0 radical (unpaired) electrons. The lowest BCUT2D eigenvalue weighted by molar-refractivity contribution is -0.142. The first kappa shape index (κ1) is 27.0. The molecule has 0 saturated heterocycles. The van der Waals surface area contributed by atoms with Gasteiger partial charge in [0.15, 0.2) is 0 Å². The summed E-state index contributed by atoms with van der Waals surface area (Å²) in [6.07, 6.45) is 1.05. The normalized spacial score (nSPS) is 11.5. The van der Waals surface area contributed by atoms with Crippen LogP contribution in [0.3, 0.4) is 0 Å². The van der Waals surface area contributed by atoms with E-state index in [4.69, 9.17) is 4.74 Å². The van der Waals surface area contributed by atoms with Crippen LogP contribution in [-0.2, 0) is 27.4 Å². The molecule has 0 aliphatic rings. The van der Waals surface area contributed by atoms with Crippen LogP contribution >= 0.6 is 11.3 Å². The first-order valence-corrected chi connectivity index (χ1v) is 12.3. The molecule has 2 aromatic rings. The molecule has 2 amide bonds. The summed E-state index contributed by atoms with van der Waals surface area (Å²) in [5, 5.41) is 0. The van der Waals surface area contributed by atoms with Gasteiger partial charge in [-0.25, -0.2) is 4.39 Å². The molecule has 0 unspecified atom stereocenters. The number of ether oxygens (including phenoxy) is 1. The lowest BCUT2D eigenvalue weighted by Crippen LogP contribution is -2.43. The van der Waals surface area contributed by atoms with Crippen molar-refractivity contribution in [1.82, 2.24) is 9.80 Å². The van der Waals surface area contributed by atoms with Gasteiger partial charge in [-0.2, -0.15) is 0 Å². The summed E-state index contributed by atoms with van der Waals surface area (Å²) >= 11 is 1.65. The third kappa shape index (κ3) is 10.0. The Morgan fingerprint density at radius 2 is 1.70 bits per heavy atom. The third-order valence-corrected chi connectivity index (χ3v) is 6.05. The molecule has 5 nitrogen and oxygen atoms in total. The number of aryl methyl sites for hydroxylation is 1. The average Bonchev–Trinajstić information content (AvgIpc) is 3.14. The van der Waals surface area contributed by atoms with Gasteiger partial charge in [0.2, 0.25) is 11.8 Å². The zero-order valence-corrected chi connectivity index (χ0v) is 21.3. The van der Waals surface area contributed by atoms with Crippen LogP contribution in [0.4, 0.5) is 4.39 Å². The van der Waals surface area contributed by atoms with Crippen molar-refractivity contribution in [1.29, 1.82) is 0 Å². The number of benzene rings is 1. The number of hydrogen-bond acceptors (Lipinski definition) is 4. The number of nitrogens with zero attached hydrogens (tertiary/aromatic N) is 2. The van der Waals surface area contributed by atoms with Crippen molar-refractivity contribution in [3.63, 3.8) is 0 Å². The van der Waals surface area contributed by atoms with Crippen molar-refractivity contribution < 1.29 is 18.7 Å². The van der Waals surface area contributed by atoms with E-state index >= 15 is 0 Å². The van der Waals surface area contributed by atoms with Crippen LogP contribution in [0, 0.1) is 18.2 Å². The Balaban J connectivity index is 2.17. The van der Waals surface area contributed by atoms with E-state index in [0.29, 0.717) is 45.7 Å². The van der Waals surface area contributed by atoms with Gasteiger partial charge in [0, 0.05) is 42.5 Å². The van der Waals surface area contributed by atoms with Gasteiger partial charge in [-0.05, 0) is 55.5 Å². The number of thiophene rings is 1. The standard InChI is InChI=1S/C26H37FN2O3S/c1-6-32-15-7-14-28(24(30)16-26(3,4)5)19-25(31)29(18-23-13-8-20(2)33-23)17-21-9-11-22(27)12-10-21/h8-13H,6-7,14-19H2,1-5H3. The second kappa shape index (κ2) is 12.8. The summed E-state index contributed by atoms with van der Waals surface area (Å²) in [4.78, 5) is 32.1. The quantitative estimate of drug-likeness (QED) is 0.385. The number of halogens is 1. The maximum absolute atomic E-state index is 13.4. The maximum Gasteiger partial charge on any atom is 0.242 e. The highest BCUT2D eigenvalue weighted by Crippen LogP contribution is 2.21. The summed E-state index contributed by atoms with van der Waals surface area (Å²) in [6.45, 7) is 12.5. The van der Waals surface area contributed by atoms with Crippen LogP contribution in [-0.4, -0.2) is 47.9 Å². The van der Waals surface area contributed by atoms with E-state index in [0.717, 1.165) is 10.4 Å². The average molecular weight is 477 g/mol. The minimum absolute atomic E-state index is 0.0204. The van der Waals surface area contributed by atoms with Gasteiger partial charge in [-0.1, -0.05) is 32.9 Å². The molecule has 2 rings (SSSR count). The Morgan fingerprint density at radius 3 is 2.27 bits per heavy atom. The fourth-order valence-electron chi connectivity index (χ4n) is 3.42. The van der Waals surface area contributed by atoms with Crippen LogP contribution in [0.1, 0.15) is 55.9 Å². The highest BCUT2D eigenvalue weighted by molar-refractivity contribution is 7.11. The summed E-state index contributed by atoms with van der Waals surface area (Å²) in [6, 6.07) is 10.3. The number of carbonyl (C=O) groups is 2. The minimum atomic E-state index is -0.307. The van der Waals surface area contributed by atoms with Crippen LogP contribution < -0.4 is 0 Å². The highest BCUT2D eigenvalue weighted by atomic mass is 32.1. The molecule has 0 aliphatic carbocycles. The van der Waals surface area contributed by atoms with E-state index < -0.39 is 0 Å². The van der Waals surface area contributed by atoms with E-state index in [1.54, 1.807) is 33.3 Å². The van der Waals surface area contributed by atoms with E-state index in [1.807, 2.05) is 46.8 Å². The van der Waals surface area contributed by atoms with Crippen molar-refractivity contribution in [3.05, 3.63) is 57.5 Å². The van der Waals surface area contributed by atoms with Crippen molar-refractivity contribution in [2.45, 2.75) is 60.5 Å². The molecule has 0 fully saturated rings. The Labute approximate surface area is 201 Å². The van der Waals surface area contributed by atoms with Crippen molar-refractivity contribution in [2.24, 2.45) is 5.41 Å². The zero-order chi connectivity index (χ0) is 24.4. The Bertz CT molecular complexity index is 890. The van der Waals surface area contributed by atoms with Gasteiger partial charge in [0.05, 0.1) is 13.1 Å². The number of rotatable bonds is 12. The third-order valence-electron chi connectivity index (χ3n) is 5.06. The second-order valence-corrected chi connectivity index (χ2v) is 10.9. The van der Waals surface area contributed by atoms with Crippen molar-refractivity contribution in [2.75, 3.05) is 26.3 Å². The van der Waals surface area contributed by atoms with Crippen LogP contribution in [0.15, 0.2) is 36.4 Å². The molecule has 0 N–H and O–H groups in total. The van der Waals surface area contributed by atoms with Gasteiger partial charge < -0.3 is 14.5 Å². The predicted molar refractivity (Wildman–Crippen MR) is 131 cm³/mol. The predicted octanol–water partition coefficient (Wildman–Crippen LogP) is 5.42. The fraction of sp³-hybridized carbons (Fsp3) is 0.538. The molecule has 7 heteroatoms. The van der Waals surface area contributed by atoms with Crippen LogP contribution in [0.25, 0.3) is 0 Å². The zero-order valence-electron chi connectivity index (χ0n) is 20.5. The van der Waals surface area contributed by atoms with Gasteiger partial charge in [-0.3, -0.25) is 9.59 Å². The fourth-order valence-corrected chi connectivity index (χ4v) is 4.33. The monoisotopic (exact) mass is 476 g/mol. The second-order valence-electron chi connectivity index (χ2n) is 9.49. The molecule has 182 valence electrons. The lowest BCUT2D eigenvalue weighted by atomic mass is 9.91. The number of amides is 2. The van der Waals surface area contributed by atoms with E-state index in [1.165, 1.54) is 17.0 Å². The SMILES string of the molecule is CCOCCCN(CC(=O)N(Cc1ccc(F)cc1)Cc1ccc(C)s1)C(=O)CC(C)(C)C. The van der Waals surface area contributed by atoms with Crippen molar-refractivity contribution >= 4 is 23.2 Å². The van der Waals surface area contributed by atoms with E-state index in [-0.39, 0.29) is 29.6 Å². The molecule has 1 heterocycles. The lowest BCUT2D eigenvalue weighted by Gasteiger charge is -2.29. The summed E-state index contributed by atoms with van der Waals surface area (Å²) < 4.78 is 18.8. The molecule has 33 heavy (non-hydrogen) atoms. The molecule has 1 aromatic carbocycles. The van der Waals surface area contributed by atoms with Gasteiger partial charge in [0.25, 0.3) is 0 Å². The molecular weight excluding hydrogens is 439 g/mol. The van der Waals surface area contributed by atoms with E-state index in [2.05, 4.69) is 0 Å². The summed E-state index contributed by atoms with van der Waals surface area (Å²) in [7, 11) is 0. The molecule has 0 aliphatic heterocycles. The Morgan fingerprint density at radius 1 is 1.00 bits per heavy atom. The molecule has 0 spiro atoms. The molecular formula is C26H37FN2O3S. The maximum atomic E-state index is 13.4. The first-order chi connectivity index (χ1) is 15.6. The Hall–Kier alpha value is -2.25. The van der Waals surface area contributed by atoms with Gasteiger partial charge >= 0.3 is 0 Å². The summed E-state index contributed by atoms with van der Waals surface area (Å²) in [5.41, 5.74) is 0.683. The largest absolute Gasteiger partial charge is 0.382 e. The van der Waals surface area contributed by atoms with Crippen LogP contribution in [0.5, 0.6) is 0 Å². The highest BCUT2D eigenvalue weighted by Gasteiger charge is 2.25. The number of hydrogen-bond donors (Lipinski definition) is 0. The van der Waals surface area contributed by atoms with Crippen molar-refractivity contribution in [3.8, 4) is 0 Å². The molecule has 0 bridgehead atoms. The molecule has 0 atom stereocenters. The topological polar surface area (TPSA) is 49.9 Å². The van der Waals surface area contributed by atoms with Crippen LogP contribution in [0.2, 0.25) is 0 Å². The molecule has 1 aromatic heterocycles. The summed E-state index contributed by atoms with van der Waals surface area (Å²) in [5.74, 6) is -0.455. The van der Waals surface area contributed by atoms with Gasteiger partial charge in [0.1, 0.15) is 5.82 Å². The minimum Gasteiger partial charge on any atom is -0.382 e. The Kier molecular flexibility index (Phi) is 10.5. The smallest absolute Gasteiger partial charge is 0.242 e. The van der Waals surface area contributed by atoms with Gasteiger partial charge in [-0.15, -0.1) is 11.3 Å². The first-order valence-electron chi connectivity index (χ1n) is 11.5.